The van der Waals surface area contributed by atoms with Gasteiger partial charge in [0.15, 0.2) is 0 Å². The first-order valence-electron chi connectivity index (χ1n) is 18.2. The van der Waals surface area contributed by atoms with Gasteiger partial charge >= 0.3 is 0 Å². The Balaban J connectivity index is 1.24. The molecule has 3 aromatic rings. The highest BCUT2D eigenvalue weighted by atomic mass is 32.2. The smallest absolute Gasteiger partial charge is 0.285 e. The fourth-order valence-corrected chi connectivity index (χ4v) is 10.6. The summed E-state index contributed by atoms with van der Waals surface area (Å²) >= 11 is 0. The summed E-state index contributed by atoms with van der Waals surface area (Å²) in [6, 6.07) is 14.2. The van der Waals surface area contributed by atoms with Crippen molar-refractivity contribution in [2.75, 3.05) is 43.2 Å². The molecule has 2 bridgehead atoms. The first-order chi connectivity index (χ1) is 24.1. The van der Waals surface area contributed by atoms with Crippen LogP contribution in [-0.2, 0) is 44.6 Å². The Hall–Kier alpha value is -3.76. The highest BCUT2D eigenvalue weighted by Crippen LogP contribution is 2.47. The van der Waals surface area contributed by atoms with Crippen LogP contribution in [0.2, 0.25) is 0 Å². The Labute approximate surface area is 296 Å². The van der Waals surface area contributed by atoms with Gasteiger partial charge in [-0.15, -0.1) is 0 Å². The highest BCUT2D eigenvalue weighted by Gasteiger charge is 2.44. The molecule has 3 heterocycles. The molecule has 266 valence electrons. The molecule has 1 fully saturated rings. The van der Waals surface area contributed by atoms with Crippen LogP contribution in [0, 0.1) is 18.8 Å². The van der Waals surface area contributed by atoms with Gasteiger partial charge in [0.2, 0.25) is 0 Å². The predicted molar refractivity (Wildman–Crippen MR) is 197 cm³/mol. The van der Waals surface area contributed by atoms with Crippen LogP contribution < -0.4 is 9.64 Å². The molecule has 2 aliphatic heterocycles. The van der Waals surface area contributed by atoms with E-state index in [1.54, 1.807) is 24.1 Å². The van der Waals surface area contributed by atoms with E-state index < -0.39 is 15.6 Å². The number of aryl methyl sites for hydroxylation is 4. The number of nitrogens with zero attached hydrogens (tertiary/aromatic N) is 4. The van der Waals surface area contributed by atoms with E-state index in [0.717, 1.165) is 62.3 Å². The SMILES string of the molecule is CO[C@H]1/C=C/CCC[S@](=O)(CC(=O)CCc2ccnn2C)=NC(=O)c2ccc3c(c2)N(C[C@@H]2CC[C@H]21)C[C@@]1(CCCc2cc(C)ccc21)CO3. The lowest BCUT2D eigenvalue weighted by Gasteiger charge is -2.46. The zero-order valence-electron chi connectivity index (χ0n) is 29.6. The molecular formula is C40H50N4O5S. The molecule has 2 aromatic carbocycles. The van der Waals surface area contributed by atoms with Crippen LogP contribution >= 0.6 is 0 Å². The van der Waals surface area contributed by atoms with Crippen LogP contribution in [0.3, 0.4) is 0 Å². The van der Waals surface area contributed by atoms with E-state index in [2.05, 4.69) is 51.6 Å². The Morgan fingerprint density at radius 1 is 1.14 bits per heavy atom. The van der Waals surface area contributed by atoms with Gasteiger partial charge < -0.3 is 14.4 Å². The average Bonchev–Trinajstić information content (AvgIpc) is 3.43. The van der Waals surface area contributed by atoms with Gasteiger partial charge in [-0.2, -0.15) is 9.46 Å². The third kappa shape index (κ3) is 7.19. The number of ketones is 1. The van der Waals surface area contributed by atoms with Gasteiger partial charge in [-0.25, -0.2) is 4.21 Å². The number of hydrogen-bond donors (Lipinski definition) is 0. The summed E-state index contributed by atoms with van der Waals surface area (Å²) in [7, 11) is 0.473. The van der Waals surface area contributed by atoms with Crippen LogP contribution in [0.25, 0.3) is 0 Å². The third-order valence-corrected chi connectivity index (χ3v) is 13.7. The van der Waals surface area contributed by atoms with Crippen LogP contribution in [-0.4, -0.2) is 70.1 Å². The number of fused-ring (bicyclic) bond motifs is 4. The number of carbonyl (C=O) groups is 2. The lowest BCUT2D eigenvalue weighted by molar-refractivity contribution is -0.116. The molecule has 1 amide bonds. The molecule has 9 nitrogen and oxygen atoms in total. The molecule has 1 saturated carbocycles. The number of aromatic nitrogens is 2. The van der Waals surface area contributed by atoms with Gasteiger partial charge in [-0.3, -0.25) is 14.3 Å². The number of anilines is 1. The second-order valence-electron chi connectivity index (χ2n) is 14.9. The van der Waals surface area contributed by atoms with Crippen molar-refractivity contribution in [3.63, 3.8) is 0 Å². The summed E-state index contributed by atoms with van der Waals surface area (Å²) in [5, 5.41) is 4.18. The van der Waals surface area contributed by atoms with E-state index in [9.17, 15) is 13.8 Å². The normalized spacial score (nSPS) is 28.7. The predicted octanol–water partition coefficient (Wildman–Crippen LogP) is 6.40. The van der Waals surface area contributed by atoms with Crippen LogP contribution in [0.15, 0.2) is 65.2 Å². The molecule has 1 aromatic heterocycles. The molecule has 5 atom stereocenters. The van der Waals surface area contributed by atoms with Crippen LogP contribution in [0.1, 0.15) is 77.7 Å². The van der Waals surface area contributed by atoms with Crippen molar-refractivity contribution in [1.82, 2.24) is 9.78 Å². The van der Waals surface area contributed by atoms with E-state index in [0.29, 0.717) is 43.3 Å². The number of amides is 1. The average molecular weight is 699 g/mol. The fourth-order valence-electron chi connectivity index (χ4n) is 8.59. The van der Waals surface area contributed by atoms with Gasteiger partial charge in [0.25, 0.3) is 5.91 Å². The first-order valence-corrected chi connectivity index (χ1v) is 20.1. The molecule has 0 unspecified atom stereocenters. The maximum absolute atomic E-state index is 14.4. The molecule has 1 spiro atoms. The number of hydrogen-bond acceptors (Lipinski definition) is 7. The van der Waals surface area contributed by atoms with E-state index in [-0.39, 0.29) is 35.2 Å². The molecule has 0 N–H and O–H groups in total. The highest BCUT2D eigenvalue weighted by molar-refractivity contribution is 7.94. The second-order valence-corrected chi connectivity index (χ2v) is 17.3. The molecule has 0 radical (unpaired) electrons. The van der Waals surface area contributed by atoms with Crippen molar-refractivity contribution in [1.29, 1.82) is 0 Å². The molecule has 50 heavy (non-hydrogen) atoms. The quantitative estimate of drug-likeness (QED) is 0.275. The Morgan fingerprint density at radius 3 is 2.80 bits per heavy atom. The summed E-state index contributed by atoms with van der Waals surface area (Å²) in [5.74, 6) is 0.792. The van der Waals surface area contributed by atoms with Crippen LogP contribution in [0.5, 0.6) is 5.75 Å². The number of methoxy groups -OCH3 is 1. The van der Waals surface area contributed by atoms with Gasteiger partial charge in [0.05, 0.1) is 33.9 Å². The van der Waals surface area contributed by atoms with Crippen molar-refractivity contribution in [2.24, 2.45) is 23.2 Å². The first kappa shape index (κ1) is 34.7. The number of ether oxygens (including phenoxy) is 2. The van der Waals surface area contributed by atoms with E-state index in [4.69, 9.17) is 9.47 Å². The zero-order chi connectivity index (χ0) is 34.9. The van der Waals surface area contributed by atoms with Crippen molar-refractivity contribution >= 4 is 27.1 Å². The summed E-state index contributed by atoms with van der Waals surface area (Å²) in [6.07, 6.45) is 13.3. The number of benzene rings is 2. The minimum absolute atomic E-state index is 0.00719. The topological polar surface area (TPSA) is 103 Å². The second kappa shape index (κ2) is 14.5. The molecule has 10 heteroatoms. The molecule has 7 rings (SSSR count). The third-order valence-electron chi connectivity index (χ3n) is 11.5. The number of rotatable bonds is 6. The van der Waals surface area contributed by atoms with Crippen molar-refractivity contribution in [3.8, 4) is 5.75 Å². The Bertz CT molecular complexity index is 1910. The monoisotopic (exact) mass is 698 g/mol. The molecule has 4 aliphatic rings. The largest absolute Gasteiger partial charge is 0.490 e. The summed E-state index contributed by atoms with van der Waals surface area (Å²) in [4.78, 5) is 29.6. The van der Waals surface area contributed by atoms with Gasteiger partial charge in [-0.05, 0) is 106 Å². The van der Waals surface area contributed by atoms with E-state index in [1.165, 1.54) is 16.7 Å². The van der Waals surface area contributed by atoms with E-state index in [1.807, 2.05) is 25.2 Å². The molecular weight excluding hydrogens is 649 g/mol. The maximum Gasteiger partial charge on any atom is 0.285 e. The van der Waals surface area contributed by atoms with Crippen LogP contribution in [0.4, 0.5) is 5.69 Å². The zero-order valence-corrected chi connectivity index (χ0v) is 30.5. The lowest BCUT2D eigenvalue weighted by atomic mass is 9.68. The van der Waals surface area contributed by atoms with Gasteiger partial charge in [0.1, 0.15) is 11.5 Å². The molecule has 0 saturated heterocycles. The summed E-state index contributed by atoms with van der Waals surface area (Å²) in [5.41, 5.74) is 6.05. The maximum atomic E-state index is 14.4. The van der Waals surface area contributed by atoms with Crippen molar-refractivity contribution in [2.45, 2.75) is 76.2 Å². The Morgan fingerprint density at radius 2 is 2.02 bits per heavy atom. The Kier molecular flexibility index (Phi) is 10.0. The number of allylic oxidation sites excluding steroid dienone is 1. The van der Waals surface area contributed by atoms with Crippen molar-refractivity contribution in [3.05, 3.63) is 88.8 Å². The number of carbonyl (C=O) groups excluding carboxylic acids is 2. The molecule has 2 aliphatic carbocycles. The minimum Gasteiger partial charge on any atom is -0.490 e. The lowest BCUT2D eigenvalue weighted by Crippen LogP contribution is -2.49. The standard InChI is InChI=1S/C40H50N4O5S/c1-28-10-16-35-29(22-28)8-7-19-40(35)26-44-24-31-11-15-34(31)37(48-3)9-5-4-6-21-50(47,25-33(45)14-13-32-18-20-41-43(32)2)42-39(46)30-12-17-38(49-27-40)36(44)23-30/h5,9-10,12,16-18,20,22-23,31,34,37H,4,6-8,11,13-15,19,21,24-27H2,1-3H3/b9-5+/t31-,34+,37-,40-,50-/m0/s1. The van der Waals surface area contributed by atoms with Gasteiger partial charge in [0, 0.05) is 62.3 Å². The van der Waals surface area contributed by atoms with E-state index >= 15 is 0 Å². The fraction of sp³-hybridized carbons (Fsp3) is 0.525. The minimum atomic E-state index is -3.15. The van der Waals surface area contributed by atoms with Gasteiger partial charge in [-0.1, -0.05) is 35.9 Å². The summed E-state index contributed by atoms with van der Waals surface area (Å²) < 4.78 is 33.2. The number of Topliss-reactive ketones (excluding diaryl/α,β-unsaturated/α-hetero) is 1. The summed E-state index contributed by atoms with van der Waals surface area (Å²) in [6.45, 7) is 4.33. The van der Waals surface area contributed by atoms with Crippen molar-refractivity contribution < 1.29 is 23.3 Å².